The Morgan fingerprint density at radius 1 is 1.44 bits per heavy atom. The molecule has 1 aromatic carbocycles. The molecule has 0 saturated carbocycles. The Morgan fingerprint density at radius 2 is 2.22 bits per heavy atom. The maximum atomic E-state index is 10.9. The minimum absolute atomic E-state index is 0.00876. The summed E-state index contributed by atoms with van der Waals surface area (Å²) >= 11 is 0. The van der Waals surface area contributed by atoms with Crippen molar-refractivity contribution in [3.63, 3.8) is 0 Å². The topological polar surface area (TPSA) is 70.4 Å². The Morgan fingerprint density at radius 3 is 2.94 bits per heavy atom. The number of aromatic amines is 1. The zero-order valence-electron chi connectivity index (χ0n) is 10.2. The van der Waals surface area contributed by atoms with Crippen molar-refractivity contribution in [1.29, 1.82) is 0 Å². The first-order valence-electron chi connectivity index (χ1n) is 5.74. The molecule has 92 valence electrons. The first-order chi connectivity index (χ1) is 8.56. The van der Waals surface area contributed by atoms with E-state index in [1.807, 2.05) is 36.4 Å². The van der Waals surface area contributed by atoms with Crippen LogP contribution in [0.15, 0.2) is 18.2 Å². The van der Waals surface area contributed by atoms with Gasteiger partial charge in [0.15, 0.2) is 0 Å². The summed E-state index contributed by atoms with van der Waals surface area (Å²) in [6, 6.07) is 5.97. The van der Waals surface area contributed by atoms with Gasteiger partial charge in [-0.15, -0.1) is 0 Å². The van der Waals surface area contributed by atoms with E-state index in [1.54, 1.807) is 0 Å². The van der Waals surface area contributed by atoms with Crippen molar-refractivity contribution >= 4 is 22.8 Å². The largest absolute Gasteiger partial charge is 0.481 e. The number of aryl methyl sites for hydroxylation is 2. The predicted molar refractivity (Wildman–Crippen MR) is 67.9 cm³/mol. The van der Waals surface area contributed by atoms with Gasteiger partial charge in [0.1, 0.15) is 0 Å². The van der Waals surface area contributed by atoms with Gasteiger partial charge in [-0.2, -0.15) is 0 Å². The van der Waals surface area contributed by atoms with Crippen LogP contribution in [-0.4, -0.2) is 25.4 Å². The summed E-state index contributed by atoms with van der Waals surface area (Å²) in [6.07, 6.45) is -0.00876. The number of carbonyl (C=O) groups is 1. The van der Waals surface area contributed by atoms with Crippen molar-refractivity contribution in [2.75, 3.05) is 0 Å². The molecule has 0 amide bonds. The second-order valence-electron chi connectivity index (χ2n) is 4.53. The van der Waals surface area contributed by atoms with Crippen molar-refractivity contribution in [2.24, 2.45) is 0 Å². The van der Waals surface area contributed by atoms with E-state index >= 15 is 0 Å². The zero-order chi connectivity index (χ0) is 12.9. The number of aliphatic carboxylic acids is 1. The molecule has 18 heavy (non-hydrogen) atoms. The minimum Gasteiger partial charge on any atom is -0.481 e. The average Bonchev–Trinajstić information content (AvgIpc) is 2.75. The van der Waals surface area contributed by atoms with E-state index in [9.17, 15) is 4.79 Å². The summed E-state index contributed by atoms with van der Waals surface area (Å²) in [7, 11) is 0. The fourth-order valence-corrected chi connectivity index (χ4v) is 2.31. The monoisotopic (exact) mass is 243 g/mol. The van der Waals surface area contributed by atoms with Crippen LogP contribution in [0.3, 0.4) is 0 Å². The van der Waals surface area contributed by atoms with E-state index < -0.39 is 5.97 Å². The third kappa shape index (κ3) is 1.48. The molecule has 2 aromatic heterocycles. The number of fused-ring (bicyclic) bond motifs is 3. The zero-order valence-corrected chi connectivity index (χ0v) is 10.2. The summed E-state index contributed by atoms with van der Waals surface area (Å²) in [5.74, 6) is -0.141. The lowest BCUT2D eigenvalue weighted by molar-refractivity contribution is -0.136. The number of carboxylic acids is 1. The van der Waals surface area contributed by atoms with E-state index in [4.69, 9.17) is 5.11 Å². The molecule has 0 spiro atoms. The van der Waals surface area contributed by atoms with Crippen LogP contribution in [0.4, 0.5) is 0 Å². The number of benzene rings is 1. The number of nitrogens with zero attached hydrogens (tertiary/aromatic N) is 2. The SMILES string of the molecule is Cc1ccc2c(c1)nc1[nH]c(C)c(CC(=O)O)n12. The molecule has 0 unspecified atom stereocenters. The number of H-pyrrole nitrogens is 1. The van der Waals surface area contributed by atoms with Gasteiger partial charge in [0.05, 0.1) is 23.1 Å². The normalized spacial score (nSPS) is 11.4. The van der Waals surface area contributed by atoms with Crippen LogP contribution >= 0.6 is 0 Å². The van der Waals surface area contributed by atoms with Crippen molar-refractivity contribution in [2.45, 2.75) is 20.3 Å². The lowest BCUT2D eigenvalue weighted by Crippen LogP contribution is -2.04. The summed E-state index contributed by atoms with van der Waals surface area (Å²) in [5, 5.41) is 8.98. The van der Waals surface area contributed by atoms with Gasteiger partial charge < -0.3 is 10.1 Å². The maximum Gasteiger partial charge on any atom is 0.309 e. The smallest absolute Gasteiger partial charge is 0.309 e. The fourth-order valence-electron chi connectivity index (χ4n) is 2.31. The van der Waals surface area contributed by atoms with Gasteiger partial charge >= 0.3 is 5.97 Å². The van der Waals surface area contributed by atoms with Crippen LogP contribution < -0.4 is 0 Å². The molecule has 0 fully saturated rings. The highest BCUT2D eigenvalue weighted by Crippen LogP contribution is 2.21. The van der Waals surface area contributed by atoms with E-state index in [2.05, 4.69) is 9.97 Å². The Labute approximate surface area is 103 Å². The van der Waals surface area contributed by atoms with Crippen LogP contribution in [0.5, 0.6) is 0 Å². The van der Waals surface area contributed by atoms with Crippen molar-refractivity contribution < 1.29 is 9.90 Å². The molecular formula is C13H13N3O2. The molecule has 0 bridgehead atoms. The Hall–Kier alpha value is -2.30. The minimum atomic E-state index is -0.840. The van der Waals surface area contributed by atoms with E-state index in [0.29, 0.717) is 5.78 Å². The highest BCUT2D eigenvalue weighted by Gasteiger charge is 2.15. The van der Waals surface area contributed by atoms with Crippen LogP contribution in [-0.2, 0) is 11.2 Å². The molecule has 2 N–H and O–H groups in total. The number of hydrogen-bond acceptors (Lipinski definition) is 2. The number of aromatic nitrogens is 3. The number of hydrogen-bond donors (Lipinski definition) is 2. The first-order valence-corrected chi connectivity index (χ1v) is 5.74. The molecule has 0 atom stereocenters. The van der Waals surface area contributed by atoms with Crippen molar-refractivity contribution in [1.82, 2.24) is 14.4 Å². The van der Waals surface area contributed by atoms with Gasteiger partial charge in [-0.1, -0.05) is 6.07 Å². The Balaban J connectivity index is 2.37. The predicted octanol–water partition coefficient (Wildman–Crippen LogP) is 2.06. The van der Waals surface area contributed by atoms with Gasteiger partial charge in [0.2, 0.25) is 5.78 Å². The van der Waals surface area contributed by atoms with E-state index in [-0.39, 0.29) is 6.42 Å². The Kier molecular flexibility index (Phi) is 2.16. The molecule has 5 nitrogen and oxygen atoms in total. The van der Waals surface area contributed by atoms with Gasteiger partial charge in [-0.05, 0) is 31.5 Å². The lowest BCUT2D eigenvalue weighted by Gasteiger charge is -1.99. The molecule has 3 aromatic rings. The van der Waals surface area contributed by atoms with Crippen molar-refractivity contribution in [3.8, 4) is 0 Å². The van der Waals surface area contributed by atoms with Gasteiger partial charge in [-0.25, -0.2) is 4.98 Å². The second kappa shape index (κ2) is 3.60. The Bertz CT molecular complexity index is 767. The second-order valence-corrected chi connectivity index (χ2v) is 4.53. The quantitative estimate of drug-likeness (QED) is 0.723. The lowest BCUT2D eigenvalue weighted by atomic mass is 10.2. The van der Waals surface area contributed by atoms with Gasteiger partial charge in [-0.3, -0.25) is 9.20 Å². The van der Waals surface area contributed by atoms with E-state index in [0.717, 1.165) is 28.0 Å². The van der Waals surface area contributed by atoms with Crippen molar-refractivity contribution in [3.05, 3.63) is 35.2 Å². The van der Waals surface area contributed by atoms with Crippen LogP contribution in [0.2, 0.25) is 0 Å². The maximum absolute atomic E-state index is 10.9. The van der Waals surface area contributed by atoms with Gasteiger partial charge in [0.25, 0.3) is 0 Å². The summed E-state index contributed by atoms with van der Waals surface area (Å²) < 4.78 is 1.89. The molecule has 5 heteroatoms. The number of carboxylic acid groups (broad SMARTS) is 1. The third-order valence-electron chi connectivity index (χ3n) is 3.13. The summed E-state index contributed by atoms with van der Waals surface area (Å²) in [4.78, 5) is 18.5. The van der Waals surface area contributed by atoms with Crippen LogP contribution in [0, 0.1) is 13.8 Å². The fraction of sp³-hybridized carbons (Fsp3) is 0.231. The van der Waals surface area contributed by atoms with E-state index in [1.165, 1.54) is 0 Å². The number of imidazole rings is 2. The first kappa shape index (κ1) is 10.8. The molecule has 0 aliphatic heterocycles. The summed E-state index contributed by atoms with van der Waals surface area (Å²) in [5.41, 5.74) is 4.56. The molecule has 0 saturated heterocycles. The molecule has 2 heterocycles. The summed E-state index contributed by atoms with van der Waals surface area (Å²) in [6.45, 7) is 3.88. The molecule has 0 radical (unpaired) electrons. The molecule has 0 aliphatic carbocycles. The third-order valence-corrected chi connectivity index (χ3v) is 3.13. The molecule has 0 aliphatic rings. The molecule has 3 rings (SSSR count). The molecular weight excluding hydrogens is 230 g/mol. The standard InChI is InChI=1S/C13H13N3O2/c1-7-3-4-10-9(5-7)15-13-14-8(2)11(16(10)13)6-12(17)18/h3-5H,6H2,1-2H3,(H,14,15)(H,17,18). The number of rotatable bonds is 2. The highest BCUT2D eigenvalue weighted by molar-refractivity contribution is 5.82. The van der Waals surface area contributed by atoms with Crippen LogP contribution in [0.25, 0.3) is 16.8 Å². The highest BCUT2D eigenvalue weighted by atomic mass is 16.4. The van der Waals surface area contributed by atoms with Gasteiger partial charge in [0, 0.05) is 5.69 Å². The van der Waals surface area contributed by atoms with Crippen LogP contribution in [0.1, 0.15) is 17.0 Å². The number of nitrogens with one attached hydrogen (secondary N) is 1. The average molecular weight is 243 g/mol.